The summed E-state index contributed by atoms with van der Waals surface area (Å²) in [5, 5.41) is 0. The van der Waals surface area contributed by atoms with Crippen LogP contribution in [0.1, 0.15) is 304 Å². The molecule has 4 rings (SSSR count). The van der Waals surface area contributed by atoms with Crippen molar-refractivity contribution in [1.29, 1.82) is 0 Å². The molecule has 0 bridgehead atoms. The van der Waals surface area contributed by atoms with Crippen LogP contribution in [-0.2, 0) is 9.59 Å². The van der Waals surface area contributed by atoms with Crippen LogP contribution < -0.4 is 9.80 Å². The summed E-state index contributed by atoms with van der Waals surface area (Å²) in [7, 11) is 0. The average Bonchev–Trinajstić information content (AvgIpc) is 4.03. The lowest BCUT2D eigenvalue weighted by atomic mass is 9.93. The predicted octanol–water partition coefficient (Wildman–Crippen LogP) is 20.9. The minimum absolute atomic E-state index is 0.0818. The highest BCUT2D eigenvalue weighted by molar-refractivity contribution is 7.16. The van der Waals surface area contributed by atoms with Gasteiger partial charge in [0.1, 0.15) is 0 Å². The van der Waals surface area contributed by atoms with Gasteiger partial charge in [0.15, 0.2) is 0 Å². The van der Waals surface area contributed by atoms with Crippen molar-refractivity contribution in [2.45, 2.75) is 298 Å². The zero-order valence-electron chi connectivity index (χ0n) is 45.5. The van der Waals surface area contributed by atoms with Gasteiger partial charge in [-0.3, -0.25) is 9.59 Å². The van der Waals surface area contributed by atoms with Crippen LogP contribution in [-0.4, -0.2) is 24.9 Å². The number of aryl methyl sites for hydroxylation is 2. The summed E-state index contributed by atoms with van der Waals surface area (Å²) >= 11 is 3.46. The number of amides is 2. The number of unbranched alkanes of at least 4 members (excludes halogenated alkanes) is 32. The number of hydrogen-bond acceptors (Lipinski definition) is 4. The molecular weight excluding hydrogens is 869 g/mol. The van der Waals surface area contributed by atoms with E-state index in [1.54, 1.807) is 22.7 Å². The van der Waals surface area contributed by atoms with Crippen molar-refractivity contribution in [2.24, 2.45) is 11.8 Å². The number of thiophene rings is 2. The number of nitrogens with zero attached hydrogens (tertiary/aromatic N) is 2. The molecule has 0 fully saturated rings. The zero-order valence-corrected chi connectivity index (χ0v) is 47.2. The van der Waals surface area contributed by atoms with Crippen LogP contribution in [0.15, 0.2) is 12.1 Å². The molecule has 2 aromatic rings. The van der Waals surface area contributed by atoms with Gasteiger partial charge in [0.05, 0.1) is 32.3 Å². The third kappa shape index (κ3) is 21.0. The van der Waals surface area contributed by atoms with Crippen LogP contribution in [0.2, 0.25) is 0 Å². The molecule has 0 N–H and O–H groups in total. The third-order valence-electron chi connectivity index (χ3n) is 15.6. The minimum atomic E-state index is 0.0818. The van der Waals surface area contributed by atoms with Crippen LogP contribution in [0.4, 0.5) is 11.4 Å². The van der Waals surface area contributed by atoms with Crippen LogP contribution in [0.5, 0.6) is 0 Å². The lowest BCUT2D eigenvalue weighted by Crippen LogP contribution is -2.34. The second kappa shape index (κ2) is 36.1. The molecule has 2 aliphatic heterocycles. The van der Waals surface area contributed by atoms with Gasteiger partial charge < -0.3 is 9.80 Å². The highest BCUT2D eigenvalue weighted by Gasteiger charge is 2.45. The molecule has 0 aliphatic carbocycles. The molecule has 0 saturated carbocycles. The largest absolute Gasteiger partial charge is 0.307 e. The summed E-state index contributed by atoms with van der Waals surface area (Å²) in [6, 6.07) is 4.51. The normalized spacial score (nSPS) is 15.6. The van der Waals surface area contributed by atoms with Crippen molar-refractivity contribution >= 4 is 57.0 Å². The maximum atomic E-state index is 15.1. The maximum absolute atomic E-state index is 15.1. The number of carbonyl (C=O) groups is 2. The van der Waals surface area contributed by atoms with Crippen molar-refractivity contribution in [3.63, 3.8) is 0 Å². The van der Waals surface area contributed by atoms with Crippen molar-refractivity contribution < 1.29 is 9.59 Å². The fourth-order valence-electron chi connectivity index (χ4n) is 11.4. The summed E-state index contributed by atoms with van der Waals surface area (Å²) in [5.74, 6) is 1.14. The molecular formula is C62H106N2O2S2. The molecule has 4 nitrogen and oxygen atoms in total. The molecule has 0 saturated heterocycles. The van der Waals surface area contributed by atoms with E-state index in [0.717, 1.165) is 34.2 Å². The Balaban J connectivity index is 1.46. The predicted molar refractivity (Wildman–Crippen MR) is 304 cm³/mol. The molecule has 0 radical (unpaired) electrons. The highest BCUT2D eigenvalue weighted by Crippen LogP contribution is 2.52. The van der Waals surface area contributed by atoms with E-state index in [2.05, 4.69) is 63.5 Å². The molecule has 2 atom stereocenters. The van der Waals surface area contributed by atoms with Gasteiger partial charge in [-0.15, -0.1) is 22.7 Å². The van der Waals surface area contributed by atoms with E-state index in [1.165, 1.54) is 267 Å². The number of rotatable bonds is 44. The Morgan fingerprint density at radius 1 is 0.353 bits per heavy atom. The van der Waals surface area contributed by atoms with Crippen molar-refractivity contribution in [3.05, 3.63) is 31.6 Å². The van der Waals surface area contributed by atoms with Gasteiger partial charge in [0.25, 0.3) is 11.8 Å². The lowest BCUT2D eigenvalue weighted by Gasteiger charge is -2.25. The van der Waals surface area contributed by atoms with Gasteiger partial charge in [0.2, 0.25) is 0 Å². The number of anilines is 2. The molecule has 2 unspecified atom stereocenters. The number of hydrogen-bond donors (Lipinski definition) is 0. The monoisotopic (exact) mass is 975 g/mol. The minimum Gasteiger partial charge on any atom is -0.307 e. The maximum Gasteiger partial charge on any atom is 0.260 e. The van der Waals surface area contributed by atoms with E-state index < -0.39 is 0 Å². The quantitative estimate of drug-likeness (QED) is 0.0490. The SMILES string of the molecule is CCCCCCCCCCCCC(CCCCCCCCCC)CN1C(=O)/C(=C2/C(=O)N(CC(CCCCCCCCCC)CCCCCCCCCCCC)c3cc(C)sc32)c2sc(C)cc21. The summed E-state index contributed by atoms with van der Waals surface area (Å²) < 4.78 is 0. The molecule has 6 heteroatoms. The molecule has 0 aromatic carbocycles. The standard InChI is InChI=1S/C62H106N2O2S2/c1-7-11-15-19-23-27-29-33-37-41-45-53(43-39-35-31-25-21-17-13-9-3)49-63-55-47-51(5)67-59(55)57(61(63)65)58-60-56(48-52(6)68-60)64(62(58)66)50-54(44-40-36-32-26-22-18-14-10-4)46-42-38-34-30-28-24-20-16-12-8-2/h47-48,53-54H,7-46,49-50H2,1-6H3/b58-57+. The Bertz CT molecular complexity index is 1550. The van der Waals surface area contributed by atoms with Gasteiger partial charge in [-0.1, -0.05) is 259 Å². The van der Waals surface area contributed by atoms with Crippen LogP contribution >= 0.6 is 22.7 Å². The van der Waals surface area contributed by atoms with E-state index in [1.807, 2.05) is 0 Å². The van der Waals surface area contributed by atoms with E-state index in [0.29, 0.717) is 23.0 Å². The fourth-order valence-corrected chi connectivity index (χ4v) is 13.5. The van der Waals surface area contributed by atoms with E-state index in [9.17, 15) is 0 Å². The third-order valence-corrected chi connectivity index (χ3v) is 17.7. The molecule has 2 aliphatic rings. The fraction of sp³-hybridized carbons (Fsp3) is 0.806. The van der Waals surface area contributed by atoms with Crippen LogP contribution in [0.3, 0.4) is 0 Å². The first-order valence-electron chi connectivity index (χ1n) is 29.9. The Morgan fingerprint density at radius 2 is 0.574 bits per heavy atom. The first kappa shape index (κ1) is 58.6. The smallest absolute Gasteiger partial charge is 0.260 e. The topological polar surface area (TPSA) is 40.6 Å². The summed E-state index contributed by atoms with van der Waals surface area (Å²) in [4.78, 5) is 39.0. The zero-order chi connectivity index (χ0) is 48.6. The summed E-state index contributed by atoms with van der Waals surface area (Å²) in [6.45, 7) is 15.1. The number of fused-ring (bicyclic) bond motifs is 2. The number of carbonyl (C=O) groups excluding carboxylic acids is 2. The van der Waals surface area contributed by atoms with E-state index >= 15 is 9.59 Å². The Kier molecular flexibility index (Phi) is 31.1. The first-order valence-corrected chi connectivity index (χ1v) is 31.6. The van der Waals surface area contributed by atoms with Crippen molar-refractivity contribution in [1.82, 2.24) is 0 Å². The summed E-state index contributed by atoms with van der Waals surface area (Å²) in [6.07, 6.45) is 53.2. The Labute approximate surface area is 429 Å². The molecule has 2 amide bonds. The molecule has 0 spiro atoms. The Morgan fingerprint density at radius 3 is 0.809 bits per heavy atom. The lowest BCUT2D eigenvalue weighted by molar-refractivity contribution is -0.114. The summed E-state index contributed by atoms with van der Waals surface area (Å²) in [5.41, 5.74) is 3.54. The van der Waals surface area contributed by atoms with Gasteiger partial charge in [0, 0.05) is 22.8 Å². The second-order valence-corrected chi connectivity index (χ2v) is 24.4. The van der Waals surface area contributed by atoms with Crippen LogP contribution in [0.25, 0.3) is 11.1 Å². The first-order chi connectivity index (χ1) is 33.3. The van der Waals surface area contributed by atoms with E-state index in [4.69, 9.17) is 0 Å². The van der Waals surface area contributed by atoms with Gasteiger partial charge in [-0.05, 0) is 63.5 Å². The second-order valence-electron chi connectivity index (χ2n) is 21.9. The van der Waals surface area contributed by atoms with E-state index in [-0.39, 0.29) is 11.8 Å². The molecule has 68 heavy (non-hydrogen) atoms. The molecule has 4 heterocycles. The van der Waals surface area contributed by atoms with Crippen molar-refractivity contribution in [2.75, 3.05) is 22.9 Å². The van der Waals surface area contributed by atoms with Gasteiger partial charge >= 0.3 is 0 Å². The van der Waals surface area contributed by atoms with Crippen molar-refractivity contribution in [3.8, 4) is 0 Å². The molecule has 388 valence electrons. The average molecular weight is 976 g/mol. The van der Waals surface area contributed by atoms with Gasteiger partial charge in [-0.2, -0.15) is 0 Å². The van der Waals surface area contributed by atoms with Crippen LogP contribution in [0, 0.1) is 25.7 Å². The Hall–Kier alpha value is -1.92. The molecule has 2 aromatic heterocycles. The highest BCUT2D eigenvalue weighted by atomic mass is 32.1. The van der Waals surface area contributed by atoms with Gasteiger partial charge in [-0.25, -0.2) is 0 Å².